The Hall–Kier alpha value is -1.42. The van der Waals surface area contributed by atoms with Crippen molar-refractivity contribution >= 4 is 5.97 Å². The van der Waals surface area contributed by atoms with E-state index in [1.165, 1.54) is 18.4 Å². The summed E-state index contributed by atoms with van der Waals surface area (Å²) in [7, 11) is 0. The van der Waals surface area contributed by atoms with E-state index >= 15 is 0 Å². The van der Waals surface area contributed by atoms with Gasteiger partial charge in [-0.05, 0) is 49.7 Å². The molecule has 102 valence electrons. The molecule has 1 atom stereocenters. The van der Waals surface area contributed by atoms with Crippen LogP contribution in [0.3, 0.4) is 0 Å². The number of carbonyl (C=O) groups excluding carboxylic acids is 1. The summed E-state index contributed by atoms with van der Waals surface area (Å²) in [6.45, 7) is 0.882. The maximum Gasteiger partial charge on any atom is 0.319 e. The van der Waals surface area contributed by atoms with Gasteiger partial charge in [-0.1, -0.05) is 6.07 Å². The lowest BCUT2D eigenvalue weighted by atomic mass is 9.92. The summed E-state index contributed by atoms with van der Waals surface area (Å²) in [4.78, 5) is 16.1. The number of pyridine rings is 1. The Balaban J connectivity index is 1.51. The Morgan fingerprint density at radius 3 is 3.16 bits per heavy atom. The highest BCUT2D eigenvalue weighted by atomic mass is 16.5. The summed E-state index contributed by atoms with van der Waals surface area (Å²) in [6.07, 6.45) is 7.52. The fourth-order valence-electron chi connectivity index (χ4n) is 2.56. The lowest BCUT2D eigenvalue weighted by Crippen LogP contribution is -2.31. The number of aromatic nitrogens is 1. The Labute approximate surface area is 113 Å². The van der Waals surface area contributed by atoms with E-state index in [-0.39, 0.29) is 18.6 Å². The summed E-state index contributed by atoms with van der Waals surface area (Å²) in [5, 5.41) is 3.28. The van der Waals surface area contributed by atoms with Crippen LogP contribution in [0.4, 0.5) is 0 Å². The molecule has 1 heterocycles. The van der Waals surface area contributed by atoms with Crippen molar-refractivity contribution in [2.75, 3.05) is 13.2 Å². The quantitative estimate of drug-likeness (QED) is 0.823. The van der Waals surface area contributed by atoms with Gasteiger partial charge in [0.05, 0.1) is 24.9 Å². The molecule has 2 aliphatic carbocycles. The first kappa shape index (κ1) is 12.6. The average Bonchev–Trinajstić information content (AvgIpc) is 3.27. The molecule has 0 amide bonds. The second-order valence-corrected chi connectivity index (χ2v) is 5.50. The monoisotopic (exact) mass is 260 g/mol. The minimum absolute atomic E-state index is 0.144. The molecule has 1 aromatic heterocycles. The van der Waals surface area contributed by atoms with Gasteiger partial charge >= 0.3 is 5.97 Å². The Bertz CT molecular complexity index is 457. The number of rotatable bonds is 5. The van der Waals surface area contributed by atoms with Gasteiger partial charge in [-0.3, -0.25) is 15.1 Å². The fourth-order valence-corrected chi connectivity index (χ4v) is 2.56. The van der Waals surface area contributed by atoms with Gasteiger partial charge in [0.15, 0.2) is 0 Å². The highest BCUT2D eigenvalue weighted by molar-refractivity contribution is 5.71. The van der Waals surface area contributed by atoms with E-state index in [9.17, 15) is 4.79 Å². The van der Waals surface area contributed by atoms with Gasteiger partial charge in [0, 0.05) is 6.20 Å². The molecular formula is C15H20N2O2. The summed E-state index contributed by atoms with van der Waals surface area (Å²) >= 11 is 0. The van der Waals surface area contributed by atoms with E-state index in [0.717, 1.165) is 25.0 Å². The fraction of sp³-hybridized carbons (Fsp3) is 0.600. The zero-order valence-corrected chi connectivity index (χ0v) is 11.1. The maximum atomic E-state index is 11.6. The minimum Gasteiger partial charge on any atom is -0.464 e. The van der Waals surface area contributed by atoms with Gasteiger partial charge in [0.2, 0.25) is 0 Å². The molecular weight excluding hydrogens is 240 g/mol. The predicted molar refractivity (Wildman–Crippen MR) is 71.6 cm³/mol. The Kier molecular flexibility index (Phi) is 3.78. The summed E-state index contributed by atoms with van der Waals surface area (Å²) < 4.78 is 5.22. The molecule has 0 spiro atoms. The Morgan fingerprint density at radius 2 is 2.32 bits per heavy atom. The third-order valence-corrected chi connectivity index (χ3v) is 3.86. The molecule has 3 rings (SSSR count). The third kappa shape index (κ3) is 3.32. The number of aryl methyl sites for hydroxylation is 1. The van der Waals surface area contributed by atoms with Gasteiger partial charge < -0.3 is 4.74 Å². The van der Waals surface area contributed by atoms with Gasteiger partial charge in [-0.25, -0.2) is 0 Å². The highest BCUT2D eigenvalue weighted by Crippen LogP contribution is 2.29. The van der Waals surface area contributed by atoms with Crippen molar-refractivity contribution < 1.29 is 9.53 Å². The maximum absolute atomic E-state index is 11.6. The van der Waals surface area contributed by atoms with E-state index in [2.05, 4.69) is 16.4 Å². The van der Waals surface area contributed by atoms with Crippen molar-refractivity contribution in [1.29, 1.82) is 0 Å². The molecule has 4 nitrogen and oxygen atoms in total. The van der Waals surface area contributed by atoms with Crippen molar-refractivity contribution in [1.82, 2.24) is 10.3 Å². The van der Waals surface area contributed by atoms with Crippen molar-refractivity contribution in [2.45, 2.75) is 38.1 Å². The van der Waals surface area contributed by atoms with Crippen LogP contribution in [-0.2, 0) is 16.0 Å². The Morgan fingerprint density at radius 1 is 1.42 bits per heavy atom. The van der Waals surface area contributed by atoms with Crippen LogP contribution in [0.5, 0.6) is 0 Å². The van der Waals surface area contributed by atoms with E-state index < -0.39 is 0 Å². The van der Waals surface area contributed by atoms with Crippen LogP contribution in [0.1, 0.15) is 43.0 Å². The first-order chi connectivity index (χ1) is 9.33. The third-order valence-electron chi connectivity index (χ3n) is 3.86. The van der Waals surface area contributed by atoms with Crippen LogP contribution in [-0.4, -0.2) is 24.1 Å². The molecule has 19 heavy (non-hydrogen) atoms. The molecule has 0 aromatic carbocycles. The van der Waals surface area contributed by atoms with E-state index in [1.807, 2.05) is 12.3 Å². The standard InChI is InChI=1S/C15H20N2O2/c18-14(19-10-11-6-7-11)9-17-13-5-1-3-12-4-2-8-16-15(12)13/h2,4,8,11,13,17H,1,3,5-7,9-10H2/t13-/m1/s1. The first-order valence-corrected chi connectivity index (χ1v) is 7.16. The minimum atomic E-state index is -0.144. The molecule has 1 aromatic rings. The molecule has 0 aliphatic heterocycles. The molecule has 0 unspecified atom stereocenters. The normalized spacial score (nSPS) is 21.8. The molecule has 0 saturated heterocycles. The van der Waals surface area contributed by atoms with Crippen LogP contribution in [0.25, 0.3) is 0 Å². The van der Waals surface area contributed by atoms with Gasteiger partial charge in [0.1, 0.15) is 0 Å². The average molecular weight is 260 g/mol. The second-order valence-electron chi connectivity index (χ2n) is 5.50. The van der Waals surface area contributed by atoms with Crippen LogP contribution in [0.15, 0.2) is 18.3 Å². The SMILES string of the molecule is O=C(CN[C@@H]1CCCc2cccnc21)OCC1CC1. The number of esters is 1. The van der Waals surface area contributed by atoms with E-state index in [4.69, 9.17) is 4.74 Å². The molecule has 0 radical (unpaired) electrons. The van der Waals surface area contributed by atoms with Crippen LogP contribution in [0.2, 0.25) is 0 Å². The zero-order valence-electron chi connectivity index (χ0n) is 11.1. The van der Waals surface area contributed by atoms with E-state index in [1.54, 1.807) is 0 Å². The number of carbonyl (C=O) groups is 1. The number of nitrogens with zero attached hydrogens (tertiary/aromatic N) is 1. The van der Waals surface area contributed by atoms with Crippen molar-refractivity contribution in [3.05, 3.63) is 29.6 Å². The second kappa shape index (κ2) is 5.70. The molecule has 0 bridgehead atoms. The smallest absolute Gasteiger partial charge is 0.319 e. The predicted octanol–water partition coefficient (Wildman–Crippen LogP) is 2.00. The topological polar surface area (TPSA) is 51.2 Å². The van der Waals surface area contributed by atoms with Crippen molar-refractivity contribution in [3.8, 4) is 0 Å². The van der Waals surface area contributed by atoms with Crippen LogP contribution < -0.4 is 5.32 Å². The molecule has 1 fully saturated rings. The lowest BCUT2D eigenvalue weighted by Gasteiger charge is -2.24. The van der Waals surface area contributed by atoms with Crippen LogP contribution in [0, 0.1) is 5.92 Å². The number of hydrogen-bond donors (Lipinski definition) is 1. The van der Waals surface area contributed by atoms with Crippen LogP contribution >= 0.6 is 0 Å². The summed E-state index contributed by atoms with van der Waals surface area (Å²) in [6, 6.07) is 4.30. The zero-order chi connectivity index (χ0) is 13.1. The van der Waals surface area contributed by atoms with Gasteiger partial charge in [-0.2, -0.15) is 0 Å². The number of hydrogen-bond acceptors (Lipinski definition) is 4. The summed E-state index contributed by atoms with van der Waals surface area (Å²) in [5.74, 6) is 0.482. The number of ether oxygens (including phenoxy) is 1. The van der Waals surface area contributed by atoms with Gasteiger partial charge in [-0.15, -0.1) is 0 Å². The highest BCUT2D eigenvalue weighted by Gasteiger charge is 2.24. The van der Waals surface area contributed by atoms with Gasteiger partial charge in [0.25, 0.3) is 0 Å². The lowest BCUT2D eigenvalue weighted by molar-refractivity contribution is -0.143. The summed E-state index contributed by atoms with van der Waals surface area (Å²) in [5.41, 5.74) is 2.40. The van der Waals surface area contributed by atoms with E-state index in [0.29, 0.717) is 12.5 Å². The molecule has 2 aliphatic rings. The van der Waals surface area contributed by atoms with Crippen molar-refractivity contribution in [3.63, 3.8) is 0 Å². The largest absolute Gasteiger partial charge is 0.464 e. The van der Waals surface area contributed by atoms with Crippen molar-refractivity contribution in [2.24, 2.45) is 5.92 Å². The number of fused-ring (bicyclic) bond motifs is 1. The number of nitrogens with one attached hydrogen (secondary N) is 1. The molecule has 4 heteroatoms. The molecule has 1 N–H and O–H groups in total. The first-order valence-electron chi connectivity index (χ1n) is 7.16. The molecule has 1 saturated carbocycles.